The summed E-state index contributed by atoms with van der Waals surface area (Å²) >= 11 is 0. The van der Waals surface area contributed by atoms with Crippen molar-refractivity contribution in [3.8, 4) is 5.88 Å². The van der Waals surface area contributed by atoms with Crippen LogP contribution < -0.4 is 4.74 Å². The summed E-state index contributed by atoms with van der Waals surface area (Å²) in [6, 6.07) is 3.46. The molecule has 3 rings (SSSR count). The third kappa shape index (κ3) is 5.48. The summed E-state index contributed by atoms with van der Waals surface area (Å²) in [4.78, 5) is 27.8. The van der Waals surface area contributed by atoms with Crippen molar-refractivity contribution in [3.05, 3.63) is 47.2 Å². The van der Waals surface area contributed by atoms with Crippen LogP contribution in [0.5, 0.6) is 5.88 Å². The molecule has 0 aliphatic carbocycles. The van der Waals surface area contributed by atoms with Crippen LogP contribution >= 0.6 is 0 Å². The van der Waals surface area contributed by atoms with Gasteiger partial charge < -0.3 is 19.1 Å². The van der Waals surface area contributed by atoms with Gasteiger partial charge in [-0.05, 0) is 25.8 Å². The Morgan fingerprint density at radius 1 is 1.14 bits per heavy atom. The van der Waals surface area contributed by atoms with Gasteiger partial charge in [-0.1, -0.05) is 0 Å². The van der Waals surface area contributed by atoms with Crippen molar-refractivity contribution < 1.29 is 19.0 Å². The van der Waals surface area contributed by atoms with E-state index in [1.807, 2.05) is 18.0 Å². The Balaban J connectivity index is 1.62. The highest BCUT2D eigenvalue weighted by Crippen LogP contribution is 2.30. The number of piperidine rings is 1. The van der Waals surface area contributed by atoms with E-state index in [-0.39, 0.29) is 11.8 Å². The fourth-order valence-electron chi connectivity index (χ4n) is 3.47. The topological polar surface area (TPSA) is 86.7 Å². The van der Waals surface area contributed by atoms with Crippen molar-refractivity contribution in [1.82, 2.24) is 19.9 Å². The highest BCUT2D eigenvalue weighted by Gasteiger charge is 2.27. The molecule has 1 amide bonds. The monoisotopic (exact) mass is 400 g/mol. The quantitative estimate of drug-likeness (QED) is 0.629. The number of pyridine rings is 1. The van der Waals surface area contributed by atoms with E-state index in [2.05, 4.69) is 9.97 Å². The number of hydrogen-bond donors (Lipinski definition) is 0. The second-order valence-corrected chi connectivity index (χ2v) is 7.03. The predicted molar refractivity (Wildman–Crippen MR) is 107 cm³/mol. The van der Waals surface area contributed by atoms with Crippen molar-refractivity contribution in [2.45, 2.75) is 32.3 Å². The van der Waals surface area contributed by atoms with Crippen LogP contribution in [-0.2, 0) is 16.1 Å². The van der Waals surface area contributed by atoms with Gasteiger partial charge >= 0.3 is 0 Å². The molecule has 1 aliphatic rings. The van der Waals surface area contributed by atoms with E-state index in [0.29, 0.717) is 44.4 Å². The van der Waals surface area contributed by atoms with Gasteiger partial charge in [-0.25, -0.2) is 15.0 Å². The molecule has 0 bridgehead atoms. The van der Waals surface area contributed by atoms with E-state index in [0.717, 1.165) is 29.9 Å². The molecule has 0 radical (unpaired) electrons. The molecule has 8 heteroatoms. The number of aryl methyl sites for hydroxylation is 1. The molecule has 156 valence electrons. The van der Waals surface area contributed by atoms with E-state index in [9.17, 15) is 4.79 Å². The van der Waals surface area contributed by atoms with Crippen LogP contribution in [0.3, 0.4) is 0 Å². The molecule has 1 saturated heterocycles. The molecule has 0 N–H and O–H groups in total. The van der Waals surface area contributed by atoms with Gasteiger partial charge in [-0.15, -0.1) is 0 Å². The summed E-state index contributed by atoms with van der Waals surface area (Å²) in [6.07, 6.45) is 5.13. The number of nitrogens with zero attached hydrogens (tertiary/aromatic N) is 4. The average Bonchev–Trinajstić information content (AvgIpc) is 2.77. The molecule has 1 aliphatic heterocycles. The normalized spacial score (nSPS) is 14.8. The standard InChI is InChI=1S/C21H28N4O4/c1-15-22-13-18(14-29-11-10-27-2)20(24-15)16-6-8-25(9-7-16)21(26)17-4-5-19(28-3)23-12-17/h4-5,12-13,16H,6-11,14H2,1-3H3. The Kier molecular flexibility index (Phi) is 7.48. The van der Waals surface area contributed by atoms with E-state index in [1.165, 1.54) is 0 Å². The second-order valence-electron chi connectivity index (χ2n) is 7.03. The molecule has 0 saturated carbocycles. The predicted octanol–water partition coefficient (Wildman–Crippen LogP) is 2.37. The lowest BCUT2D eigenvalue weighted by atomic mass is 9.90. The van der Waals surface area contributed by atoms with Crippen molar-refractivity contribution >= 4 is 5.91 Å². The molecule has 0 aromatic carbocycles. The van der Waals surface area contributed by atoms with Gasteiger partial charge in [0.25, 0.3) is 5.91 Å². The number of aromatic nitrogens is 3. The smallest absolute Gasteiger partial charge is 0.255 e. The molecule has 0 atom stereocenters. The first kappa shape index (κ1) is 21.1. The minimum absolute atomic E-state index is 0.000550. The van der Waals surface area contributed by atoms with E-state index < -0.39 is 0 Å². The van der Waals surface area contributed by atoms with Gasteiger partial charge in [0.1, 0.15) is 5.82 Å². The van der Waals surface area contributed by atoms with Gasteiger partial charge in [0.15, 0.2) is 0 Å². The Bertz CT molecular complexity index is 805. The first-order chi connectivity index (χ1) is 14.1. The minimum Gasteiger partial charge on any atom is -0.481 e. The zero-order valence-corrected chi connectivity index (χ0v) is 17.3. The third-order valence-corrected chi connectivity index (χ3v) is 5.07. The van der Waals surface area contributed by atoms with E-state index >= 15 is 0 Å². The lowest BCUT2D eigenvalue weighted by Crippen LogP contribution is -2.38. The first-order valence-corrected chi connectivity index (χ1v) is 9.80. The average molecular weight is 400 g/mol. The van der Waals surface area contributed by atoms with Gasteiger partial charge in [0.2, 0.25) is 5.88 Å². The molecule has 0 spiro atoms. The van der Waals surface area contributed by atoms with Crippen molar-refractivity contribution in [2.24, 2.45) is 0 Å². The maximum atomic E-state index is 12.8. The fraction of sp³-hybridized carbons (Fsp3) is 0.524. The maximum absolute atomic E-state index is 12.8. The van der Waals surface area contributed by atoms with Crippen LogP contribution in [-0.4, -0.2) is 66.3 Å². The number of rotatable bonds is 8. The molecule has 8 nitrogen and oxygen atoms in total. The summed E-state index contributed by atoms with van der Waals surface area (Å²) in [5.74, 6) is 1.54. The molecule has 29 heavy (non-hydrogen) atoms. The maximum Gasteiger partial charge on any atom is 0.255 e. The molecule has 2 aromatic heterocycles. The molecule has 1 fully saturated rings. The Morgan fingerprint density at radius 3 is 2.59 bits per heavy atom. The van der Waals surface area contributed by atoms with Crippen LogP contribution in [0.15, 0.2) is 24.5 Å². The van der Waals surface area contributed by atoms with Gasteiger partial charge in [0.05, 0.1) is 38.2 Å². The zero-order valence-electron chi connectivity index (χ0n) is 17.3. The van der Waals surface area contributed by atoms with E-state index in [4.69, 9.17) is 19.2 Å². The minimum atomic E-state index is 0.000550. The van der Waals surface area contributed by atoms with Crippen LogP contribution in [0.25, 0.3) is 0 Å². The van der Waals surface area contributed by atoms with Gasteiger partial charge in [-0.3, -0.25) is 4.79 Å². The Morgan fingerprint density at radius 2 is 1.93 bits per heavy atom. The van der Waals surface area contributed by atoms with Gasteiger partial charge in [-0.2, -0.15) is 0 Å². The summed E-state index contributed by atoms with van der Waals surface area (Å²) in [6.45, 7) is 4.82. The lowest BCUT2D eigenvalue weighted by Gasteiger charge is -2.32. The number of amides is 1. The van der Waals surface area contributed by atoms with Crippen LogP contribution in [0.4, 0.5) is 0 Å². The Labute approximate surface area is 171 Å². The zero-order chi connectivity index (χ0) is 20.6. The number of carbonyl (C=O) groups is 1. The number of likely N-dealkylation sites (tertiary alicyclic amines) is 1. The fourth-order valence-corrected chi connectivity index (χ4v) is 3.47. The molecule has 3 heterocycles. The SMILES string of the molecule is COCCOCc1cnc(C)nc1C1CCN(C(=O)c2ccc(OC)nc2)CC1. The van der Waals surface area contributed by atoms with Crippen LogP contribution in [0.1, 0.15) is 46.2 Å². The van der Waals surface area contributed by atoms with Crippen molar-refractivity contribution in [3.63, 3.8) is 0 Å². The number of ether oxygens (including phenoxy) is 3. The number of methoxy groups -OCH3 is 2. The second kappa shape index (κ2) is 10.3. The third-order valence-electron chi connectivity index (χ3n) is 5.07. The molecule has 2 aromatic rings. The highest BCUT2D eigenvalue weighted by atomic mass is 16.5. The summed E-state index contributed by atoms with van der Waals surface area (Å²) in [5.41, 5.74) is 2.62. The van der Waals surface area contributed by atoms with Gasteiger partial charge in [0, 0.05) is 50.1 Å². The number of hydrogen-bond acceptors (Lipinski definition) is 7. The van der Waals surface area contributed by atoms with E-state index in [1.54, 1.807) is 32.5 Å². The first-order valence-electron chi connectivity index (χ1n) is 9.80. The van der Waals surface area contributed by atoms with Crippen LogP contribution in [0, 0.1) is 6.92 Å². The molecular formula is C21H28N4O4. The highest BCUT2D eigenvalue weighted by molar-refractivity contribution is 5.94. The van der Waals surface area contributed by atoms with Crippen molar-refractivity contribution in [1.29, 1.82) is 0 Å². The number of carbonyl (C=O) groups excluding carboxylic acids is 1. The largest absolute Gasteiger partial charge is 0.481 e. The Hall–Kier alpha value is -2.58. The lowest BCUT2D eigenvalue weighted by molar-refractivity contribution is 0.0604. The summed E-state index contributed by atoms with van der Waals surface area (Å²) in [7, 11) is 3.21. The molecule has 0 unspecified atom stereocenters. The summed E-state index contributed by atoms with van der Waals surface area (Å²) in [5, 5.41) is 0. The van der Waals surface area contributed by atoms with Crippen molar-refractivity contribution in [2.75, 3.05) is 40.5 Å². The summed E-state index contributed by atoms with van der Waals surface area (Å²) < 4.78 is 15.8. The van der Waals surface area contributed by atoms with Crippen LogP contribution in [0.2, 0.25) is 0 Å². The molecular weight excluding hydrogens is 372 g/mol.